The van der Waals surface area contributed by atoms with Gasteiger partial charge in [-0.2, -0.15) is 0 Å². The predicted octanol–water partition coefficient (Wildman–Crippen LogP) is 1.76. The van der Waals surface area contributed by atoms with Crippen molar-refractivity contribution in [2.75, 3.05) is 12.4 Å². The van der Waals surface area contributed by atoms with Gasteiger partial charge in [-0.3, -0.25) is 0 Å². The molecule has 2 nitrogen and oxygen atoms in total. The van der Waals surface area contributed by atoms with Gasteiger partial charge in [0.1, 0.15) is 0 Å². The molecule has 13 heavy (non-hydrogen) atoms. The summed E-state index contributed by atoms with van der Waals surface area (Å²) in [5.41, 5.74) is 1.16. The average molecular weight is 216 g/mol. The van der Waals surface area contributed by atoms with Gasteiger partial charge in [-0.1, -0.05) is 18.2 Å². The minimum absolute atomic E-state index is 0.528. The highest BCUT2D eigenvalue weighted by Crippen LogP contribution is 2.29. The maximum Gasteiger partial charge on any atom is 0.178 e. The second-order valence-electron chi connectivity index (χ2n) is 2.91. The van der Waals surface area contributed by atoms with E-state index < -0.39 is 11.4 Å². The molecule has 0 spiro atoms. The number of benzene rings is 1. The summed E-state index contributed by atoms with van der Waals surface area (Å²) in [6, 6.07) is 7.82. The zero-order valence-electron chi connectivity index (χ0n) is 7.07. The number of hydrogen-bond donors (Lipinski definition) is 0. The van der Waals surface area contributed by atoms with Crippen LogP contribution in [0.2, 0.25) is 0 Å². The molecule has 0 aromatic heterocycles. The lowest BCUT2D eigenvalue weighted by Crippen LogP contribution is -2.26. The number of fused-ring (bicyclic) bond motifs is 1. The van der Waals surface area contributed by atoms with E-state index in [1.54, 1.807) is 0 Å². The fourth-order valence-corrected chi connectivity index (χ4v) is 3.10. The molecule has 0 saturated heterocycles. The summed E-state index contributed by atoms with van der Waals surface area (Å²) in [4.78, 5) is 0.938. The lowest BCUT2D eigenvalue weighted by atomic mass is 10.2. The molecule has 0 N–H and O–H groups in total. The van der Waals surface area contributed by atoms with Crippen molar-refractivity contribution in [3.63, 3.8) is 0 Å². The highest BCUT2D eigenvalue weighted by Gasteiger charge is 2.32. The van der Waals surface area contributed by atoms with E-state index in [0.29, 0.717) is 12.4 Å². The molecular weight excluding hydrogens is 206 g/mol. The molecule has 1 aromatic carbocycles. The molecule has 0 saturated carbocycles. The van der Waals surface area contributed by atoms with Crippen molar-refractivity contribution in [2.24, 2.45) is 0 Å². The first-order valence-corrected chi connectivity index (χ1v) is 5.78. The molecule has 0 radical (unpaired) electrons. The first-order valence-electron chi connectivity index (χ1n) is 4.13. The zero-order valence-corrected chi connectivity index (χ0v) is 8.64. The van der Waals surface area contributed by atoms with Gasteiger partial charge in [0.25, 0.3) is 0 Å². The summed E-state index contributed by atoms with van der Waals surface area (Å²) in [5.74, 6) is 0.528. The van der Waals surface area contributed by atoms with Crippen LogP contribution >= 0.6 is 11.6 Å². The molecule has 0 bridgehead atoms. The SMILES string of the molecule is [O-][S+]1c2ccccc2CN1CCCl. The van der Waals surface area contributed by atoms with Crippen LogP contribution in [0.1, 0.15) is 5.56 Å². The highest BCUT2D eigenvalue weighted by molar-refractivity contribution is 7.89. The van der Waals surface area contributed by atoms with Gasteiger partial charge in [-0.05, 0) is 6.07 Å². The second-order valence-corrected chi connectivity index (χ2v) is 4.74. The van der Waals surface area contributed by atoms with E-state index in [1.165, 1.54) is 0 Å². The largest absolute Gasteiger partial charge is 0.593 e. The molecular formula is C9H10ClNOS. The molecule has 0 amide bonds. The lowest BCUT2D eigenvalue weighted by molar-refractivity contribution is 0.444. The Balaban J connectivity index is 2.22. The van der Waals surface area contributed by atoms with E-state index in [4.69, 9.17) is 11.6 Å². The third-order valence-electron chi connectivity index (χ3n) is 2.08. The van der Waals surface area contributed by atoms with Gasteiger partial charge in [0, 0.05) is 11.4 Å². The molecule has 0 aliphatic carbocycles. The van der Waals surface area contributed by atoms with Crippen LogP contribution in [0.3, 0.4) is 0 Å². The third-order valence-corrected chi connectivity index (χ3v) is 3.80. The Labute approximate surface area is 85.8 Å². The highest BCUT2D eigenvalue weighted by atomic mass is 35.5. The first kappa shape index (κ1) is 9.34. The normalized spacial score (nSPS) is 21.8. The maximum atomic E-state index is 11.8. The van der Waals surface area contributed by atoms with Crippen LogP contribution in [-0.2, 0) is 17.9 Å². The number of hydrogen-bond acceptors (Lipinski definition) is 2. The number of alkyl halides is 1. The predicted molar refractivity (Wildman–Crippen MR) is 54.0 cm³/mol. The molecule has 1 aliphatic heterocycles. The molecule has 1 heterocycles. The minimum atomic E-state index is -0.987. The van der Waals surface area contributed by atoms with E-state index in [1.807, 2.05) is 28.6 Å². The first-order chi connectivity index (χ1) is 6.33. The van der Waals surface area contributed by atoms with Gasteiger partial charge in [0.05, 0.1) is 24.5 Å². The number of rotatable bonds is 2. The summed E-state index contributed by atoms with van der Waals surface area (Å²) >= 11 is 4.63. The van der Waals surface area contributed by atoms with Crippen molar-refractivity contribution < 1.29 is 4.55 Å². The van der Waals surface area contributed by atoms with Crippen LogP contribution in [-0.4, -0.2) is 21.3 Å². The summed E-state index contributed by atoms with van der Waals surface area (Å²) in [6.45, 7) is 1.44. The second kappa shape index (κ2) is 3.88. The van der Waals surface area contributed by atoms with E-state index in [2.05, 4.69) is 0 Å². The Kier molecular flexibility index (Phi) is 2.79. The van der Waals surface area contributed by atoms with E-state index in [0.717, 1.165) is 17.0 Å². The monoisotopic (exact) mass is 215 g/mol. The van der Waals surface area contributed by atoms with Crippen molar-refractivity contribution in [2.45, 2.75) is 11.4 Å². The van der Waals surface area contributed by atoms with Gasteiger partial charge in [-0.25, -0.2) is 0 Å². The summed E-state index contributed by atoms with van der Waals surface area (Å²) in [5, 5.41) is 0. The van der Waals surface area contributed by atoms with Crippen LogP contribution in [0.4, 0.5) is 0 Å². The Bertz CT molecular complexity index is 307. The van der Waals surface area contributed by atoms with Crippen molar-refractivity contribution in [1.29, 1.82) is 0 Å². The zero-order chi connectivity index (χ0) is 9.26. The van der Waals surface area contributed by atoms with Gasteiger partial charge in [-0.15, -0.1) is 15.9 Å². The Morgan fingerprint density at radius 2 is 2.23 bits per heavy atom. The quantitative estimate of drug-likeness (QED) is 0.555. The fraction of sp³-hybridized carbons (Fsp3) is 0.333. The van der Waals surface area contributed by atoms with Crippen LogP contribution in [0.15, 0.2) is 29.2 Å². The van der Waals surface area contributed by atoms with E-state index in [9.17, 15) is 4.55 Å². The average Bonchev–Trinajstić information content (AvgIpc) is 2.46. The smallest absolute Gasteiger partial charge is 0.178 e. The summed E-state index contributed by atoms with van der Waals surface area (Å²) in [7, 11) is 0. The molecule has 1 aromatic rings. The third kappa shape index (κ3) is 1.70. The Morgan fingerprint density at radius 1 is 1.46 bits per heavy atom. The van der Waals surface area contributed by atoms with Crippen molar-refractivity contribution >= 4 is 23.0 Å². The lowest BCUT2D eigenvalue weighted by Gasteiger charge is -2.14. The molecule has 0 fully saturated rings. The maximum absolute atomic E-state index is 11.8. The van der Waals surface area contributed by atoms with Gasteiger partial charge in [0.2, 0.25) is 0 Å². The van der Waals surface area contributed by atoms with Crippen molar-refractivity contribution in [3.05, 3.63) is 29.8 Å². The van der Waals surface area contributed by atoms with Gasteiger partial charge in [0.15, 0.2) is 4.90 Å². The summed E-state index contributed by atoms with van der Waals surface area (Å²) in [6.07, 6.45) is 0. The molecule has 1 atom stereocenters. The molecule has 1 unspecified atom stereocenters. The Morgan fingerprint density at radius 3 is 2.92 bits per heavy atom. The number of halogens is 1. The summed E-state index contributed by atoms with van der Waals surface area (Å²) < 4.78 is 13.7. The molecule has 70 valence electrons. The standard InChI is InChI=1S/C9H10ClNOS/c10-5-6-11-7-8-3-1-2-4-9(8)13(11)12/h1-4H,5-7H2. The molecule has 2 rings (SSSR count). The minimum Gasteiger partial charge on any atom is -0.593 e. The van der Waals surface area contributed by atoms with Crippen LogP contribution in [0.5, 0.6) is 0 Å². The molecule has 1 aliphatic rings. The van der Waals surface area contributed by atoms with Crippen molar-refractivity contribution in [1.82, 2.24) is 4.31 Å². The van der Waals surface area contributed by atoms with Crippen LogP contribution in [0.25, 0.3) is 0 Å². The fourth-order valence-electron chi connectivity index (χ4n) is 1.45. The van der Waals surface area contributed by atoms with Crippen LogP contribution in [0, 0.1) is 0 Å². The van der Waals surface area contributed by atoms with Crippen LogP contribution < -0.4 is 0 Å². The van der Waals surface area contributed by atoms with Gasteiger partial charge >= 0.3 is 0 Å². The van der Waals surface area contributed by atoms with Crippen molar-refractivity contribution in [3.8, 4) is 0 Å². The van der Waals surface area contributed by atoms with Gasteiger partial charge < -0.3 is 4.55 Å². The number of nitrogens with zero attached hydrogens (tertiary/aromatic N) is 1. The van der Waals surface area contributed by atoms with E-state index >= 15 is 0 Å². The topological polar surface area (TPSA) is 26.3 Å². The molecule has 4 heteroatoms. The van der Waals surface area contributed by atoms with E-state index in [-0.39, 0.29) is 0 Å². The Hall–Kier alpha value is -0.220.